The monoisotopic (exact) mass is 435 g/mol. The molecule has 0 fully saturated rings. The van der Waals surface area contributed by atoms with E-state index in [2.05, 4.69) is 43.2 Å². The van der Waals surface area contributed by atoms with Crippen LogP contribution >= 0.6 is 0 Å². The standard InChI is InChI=1S/C26H33N3O3/c1-7-32-24-12-18(4)20(13-22(24)17(2)3)10-11-27-26(30)21-8-9-23(25(14-21)31-6)29-15-19(5)28-16-29/h8-9,12-17H,7,10-11H2,1-6H3,(H,27,30). The zero-order chi connectivity index (χ0) is 23.3. The number of hydrogen-bond acceptors (Lipinski definition) is 4. The fourth-order valence-electron chi connectivity index (χ4n) is 3.74. The van der Waals surface area contributed by atoms with Gasteiger partial charge in [-0.2, -0.15) is 0 Å². The molecule has 0 aliphatic carbocycles. The van der Waals surface area contributed by atoms with Crippen LogP contribution in [-0.2, 0) is 6.42 Å². The molecule has 1 aromatic heterocycles. The first-order valence-electron chi connectivity index (χ1n) is 11.1. The van der Waals surface area contributed by atoms with Crippen LogP contribution < -0.4 is 14.8 Å². The minimum atomic E-state index is -0.121. The van der Waals surface area contributed by atoms with Crippen molar-refractivity contribution in [1.82, 2.24) is 14.9 Å². The maximum absolute atomic E-state index is 12.7. The van der Waals surface area contributed by atoms with Crippen molar-refractivity contribution in [3.63, 3.8) is 0 Å². The second-order valence-corrected chi connectivity index (χ2v) is 8.22. The molecular formula is C26H33N3O3. The average molecular weight is 436 g/mol. The van der Waals surface area contributed by atoms with Gasteiger partial charge < -0.3 is 19.4 Å². The number of aromatic nitrogens is 2. The summed E-state index contributed by atoms with van der Waals surface area (Å²) in [6, 6.07) is 9.76. The van der Waals surface area contributed by atoms with E-state index in [9.17, 15) is 4.79 Å². The molecule has 0 unspecified atom stereocenters. The van der Waals surface area contributed by atoms with Gasteiger partial charge in [0.2, 0.25) is 0 Å². The van der Waals surface area contributed by atoms with E-state index in [-0.39, 0.29) is 5.91 Å². The van der Waals surface area contributed by atoms with Crippen molar-refractivity contribution in [3.05, 3.63) is 70.8 Å². The van der Waals surface area contributed by atoms with E-state index in [4.69, 9.17) is 9.47 Å². The summed E-state index contributed by atoms with van der Waals surface area (Å²) in [6.07, 6.45) is 4.41. The highest BCUT2D eigenvalue weighted by molar-refractivity contribution is 5.95. The predicted molar refractivity (Wildman–Crippen MR) is 127 cm³/mol. The van der Waals surface area contributed by atoms with Crippen molar-refractivity contribution >= 4 is 5.91 Å². The van der Waals surface area contributed by atoms with Crippen molar-refractivity contribution in [2.45, 2.75) is 47.0 Å². The van der Waals surface area contributed by atoms with E-state index in [1.54, 1.807) is 19.5 Å². The lowest BCUT2D eigenvalue weighted by Crippen LogP contribution is -2.26. The minimum Gasteiger partial charge on any atom is -0.495 e. The van der Waals surface area contributed by atoms with Gasteiger partial charge in [-0.3, -0.25) is 4.79 Å². The molecule has 0 aliphatic rings. The first-order chi connectivity index (χ1) is 15.3. The first kappa shape index (κ1) is 23.4. The summed E-state index contributed by atoms with van der Waals surface area (Å²) in [5.41, 5.74) is 5.92. The lowest BCUT2D eigenvalue weighted by atomic mass is 9.95. The molecule has 1 N–H and O–H groups in total. The highest BCUT2D eigenvalue weighted by Gasteiger charge is 2.14. The Morgan fingerprint density at radius 3 is 2.56 bits per heavy atom. The highest BCUT2D eigenvalue weighted by atomic mass is 16.5. The SMILES string of the molecule is CCOc1cc(C)c(CCNC(=O)c2ccc(-n3cnc(C)c3)c(OC)c2)cc1C(C)C. The summed E-state index contributed by atoms with van der Waals surface area (Å²) < 4.78 is 13.2. The number of imidazole rings is 1. The van der Waals surface area contributed by atoms with Crippen molar-refractivity contribution < 1.29 is 14.3 Å². The molecule has 3 rings (SSSR count). The Kier molecular flexibility index (Phi) is 7.57. The van der Waals surface area contributed by atoms with Crippen LogP contribution in [0.4, 0.5) is 0 Å². The number of methoxy groups -OCH3 is 1. The van der Waals surface area contributed by atoms with Crippen molar-refractivity contribution in [3.8, 4) is 17.2 Å². The summed E-state index contributed by atoms with van der Waals surface area (Å²) in [7, 11) is 1.60. The number of nitrogens with zero attached hydrogens (tertiary/aromatic N) is 2. The largest absolute Gasteiger partial charge is 0.495 e. The Labute approximate surface area is 190 Å². The zero-order valence-electron chi connectivity index (χ0n) is 19.9. The Bertz CT molecular complexity index is 1090. The second-order valence-electron chi connectivity index (χ2n) is 8.22. The van der Waals surface area contributed by atoms with Gasteiger partial charge in [-0.05, 0) is 74.1 Å². The number of carbonyl (C=O) groups is 1. The molecule has 6 heteroatoms. The van der Waals surface area contributed by atoms with Gasteiger partial charge in [0.15, 0.2) is 0 Å². The molecule has 6 nitrogen and oxygen atoms in total. The van der Waals surface area contributed by atoms with Crippen LogP contribution in [0.3, 0.4) is 0 Å². The number of ether oxygens (including phenoxy) is 2. The fraction of sp³-hybridized carbons (Fsp3) is 0.385. The summed E-state index contributed by atoms with van der Waals surface area (Å²) >= 11 is 0. The Morgan fingerprint density at radius 2 is 1.94 bits per heavy atom. The second kappa shape index (κ2) is 10.4. The Hall–Kier alpha value is -3.28. The van der Waals surface area contributed by atoms with Gasteiger partial charge in [-0.25, -0.2) is 4.98 Å². The van der Waals surface area contributed by atoms with Crippen molar-refractivity contribution in [1.29, 1.82) is 0 Å². The first-order valence-corrected chi connectivity index (χ1v) is 11.1. The molecule has 32 heavy (non-hydrogen) atoms. The van der Waals surface area contributed by atoms with Gasteiger partial charge in [-0.1, -0.05) is 19.9 Å². The van der Waals surface area contributed by atoms with E-state index >= 15 is 0 Å². The van der Waals surface area contributed by atoms with Crippen LogP contribution in [0.25, 0.3) is 5.69 Å². The number of amides is 1. The number of nitrogens with one attached hydrogen (secondary N) is 1. The quantitative estimate of drug-likeness (QED) is 0.514. The minimum absolute atomic E-state index is 0.121. The molecule has 0 saturated heterocycles. The number of aryl methyl sites for hydroxylation is 2. The maximum atomic E-state index is 12.7. The van der Waals surface area contributed by atoms with Crippen molar-refractivity contribution in [2.75, 3.05) is 20.3 Å². The molecule has 0 saturated carbocycles. The number of rotatable bonds is 9. The van der Waals surface area contributed by atoms with Gasteiger partial charge in [0.05, 0.1) is 31.4 Å². The van der Waals surface area contributed by atoms with Gasteiger partial charge >= 0.3 is 0 Å². The molecule has 0 bridgehead atoms. The van der Waals surface area contributed by atoms with E-state index in [1.165, 1.54) is 16.7 Å². The summed E-state index contributed by atoms with van der Waals surface area (Å²) in [5, 5.41) is 3.03. The molecular weight excluding hydrogens is 402 g/mol. The lowest BCUT2D eigenvalue weighted by molar-refractivity contribution is 0.0953. The summed E-state index contributed by atoms with van der Waals surface area (Å²) in [4.78, 5) is 17.0. The fourth-order valence-corrected chi connectivity index (χ4v) is 3.74. The number of hydrogen-bond donors (Lipinski definition) is 1. The number of carbonyl (C=O) groups excluding carboxylic acids is 1. The van der Waals surface area contributed by atoms with Crippen molar-refractivity contribution in [2.24, 2.45) is 0 Å². The molecule has 1 amide bonds. The molecule has 2 aromatic carbocycles. The average Bonchev–Trinajstić information content (AvgIpc) is 3.20. The van der Waals surface area contributed by atoms with Gasteiger partial charge in [0.25, 0.3) is 5.91 Å². The third-order valence-corrected chi connectivity index (χ3v) is 5.50. The predicted octanol–water partition coefficient (Wildman–Crippen LogP) is 4.99. The topological polar surface area (TPSA) is 65.4 Å². The van der Waals surface area contributed by atoms with Crippen LogP contribution in [0, 0.1) is 13.8 Å². The normalized spacial score (nSPS) is 11.0. The van der Waals surface area contributed by atoms with Crippen LogP contribution in [0.15, 0.2) is 42.9 Å². The zero-order valence-corrected chi connectivity index (χ0v) is 19.9. The van der Waals surface area contributed by atoms with E-state index < -0.39 is 0 Å². The lowest BCUT2D eigenvalue weighted by Gasteiger charge is -2.17. The van der Waals surface area contributed by atoms with E-state index in [0.29, 0.717) is 30.4 Å². The van der Waals surface area contributed by atoms with Crippen LogP contribution in [-0.4, -0.2) is 35.7 Å². The summed E-state index contributed by atoms with van der Waals surface area (Å²) in [6.45, 7) is 11.6. The van der Waals surface area contributed by atoms with Gasteiger partial charge in [0, 0.05) is 18.3 Å². The summed E-state index contributed by atoms with van der Waals surface area (Å²) in [5.74, 6) is 1.83. The van der Waals surface area contributed by atoms with Crippen LogP contribution in [0.2, 0.25) is 0 Å². The van der Waals surface area contributed by atoms with Crippen LogP contribution in [0.1, 0.15) is 59.4 Å². The van der Waals surface area contributed by atoms with E-state index in [0.717, 1.165) is 23.6 Å². The Balaban J connectivity index is 1.69. The molecule has 0 aliphatic heterocycles. The molecule has 1 heterocycles. The Morgan fingerprint density at radius 1 is 1.16 bits per heavy atom. The maximum Gasteiger partial charge on any atom is 0.251 e. The molecule has 0 atom stereocenters. The molecule has 0 radical (unpaired) electrons. The molecule has 0 spiro atoms. The smallest absolute Gasteiger partial charge is 0.251 e. The van der Waals surface area contributed by atoms with Gasteiger partial charge in [0.1, 0.15) is 11.5 Å². The molecule has 3 aromatic rings. The van der Waals surface area contributed by atoms with E-state index in [1.807, 2.05) is 36.7 Å². The van der Waals surface area contributed by atoms with Crippen LogP contribution in [0.5, 0.6) is 11.5 Å². The third kappa shape index (κ3) is 5.31. The van der Waals surface area contributed by atoms with Gasteiger partial charge in [-0.15, -0.1) is 0 Å². The number of benzene rings is 2. The third-order valence-electron chi connectivity index (χ3n) is 5.50. The highest BCUT2D eigenvalue weighted by Crippen LogP contribution is 2.30. The molecule has 170 valence electrons.